The normalized spacial score (nSPS) is 25.9. The van der Waals surface area contributed by atoms with Gasteiger partial charge >= 0.3 is 0 Å². The first-order valence-corrected chi connectivity index (χ1v) is 9.12. The molecule has 2 fully saturated rings. The summed E-state index contributed by atoms with van der Waals surface area (Å²) in [5.74, 6) is 0.945. The number of nitrogens with zero attached hydrogens (tertiary/aromatic N) is 1. The van der Waals surface area contributed by atoms with Crippen LogP contribution in [0.1, 0.15) is 72.1 Å². The van der Waals surface area contributed by atoms with Crippen LogP contribution in [0.3, 0.4) is 0 Å². The highest BCUT2D eigenvalue weighted by Gasteiger charge is 2.31. The molecule has 0 bridgehead atoms. The Labute approximate surface area is 126 Å². The number of piperidine rings is 1. The standard InChI is InChI=1S/C18H36N2/c1-4-12-19-17(16-8-6-7-9-16)15-20-13-10-18(3,5-2)11-14-20/h16-17,19H,4-15H2,1-3H3. The van der Waals surface area contributed by atoms with Crippen molar-refractivity contribution in [3.8, 4) is 0 Å². The summed E-state index contributed by atoms with van der Waals surface area (Å²) >= 11 is 0. The first-order valence-electron chi connectivity index (χ1n) is 9.12. The Balaban J connectivity index is 1.81. The van der Waals surface area contributed by atoms with E-state index in [1.165, 1.54) is 77.5 Å². The molecule has 0 aromatic rings. The van der Waals surface area contributed by atoms with Crippen molar-refractivity contribution in [2.45, 2.75) is 78.2 Å². The Hall–Kier alpha value is -0.0800. The zero-order valence-electron chi connectivity index (χ0n) is 14.1. The minimum absolute atomic E-state index is 0.621. The minimum Gasteiger partial charge on any atom is -0.312 e. The molecule has 1 atom stereocenters. The Bertz CT molecular complexity index is 263. The van der Waals surface area contributed by atoms with Crippen molar-refractivity contribution < 1.29 is 0 Å². The van der Waals surface area contributed by atoms with Gasteiger partial charge in [-0.1, -0.05) is 40.0 Å². The van der Waals surface area contributed by atoms with Gasteiger partial charge < -0.3 is 10.2 Å². The van der Waals surface area contributed by atoms with Gasteiger partial charge in [0.05, 0.1) is 0 Å². The summed E-state index contributed by atoms with van der Waals surface area (Å²) < 4.78 is 0. The van der Waals surface area contributed by atoms with Crippen LogP contribution in [-0.2, 0) is 0 Å². The van der Waals surface area contributed by atoms with Crippen LogP contribution in [0.15, 0.2) is 0 Å². The van der Waals surface area contributed by atoms with E-state index in [0.717, 1.165) is 12.0 Å². The fourth-order valence-electron chi connectivity index (χ4n) is 3.98. The zero-order chi connectivity index (χ0) is 14.4. The molecule has 1 saturated carbocycles. The maximum absolute atomic E-state index is 3.85. The third-order valence-electron chi connectivity index (χ3n) is 6.00. The lowest BCUT2D eigenvalue weighted by molar-refractivity contribution is 0.0983. The van der Waals surface area contributed by atoms with Crippen molar-refractivity contribution in [3.63, 3.8) is 0 Å². The topological polar surface area (TPSA) is 15.3 Å². The maximum Gasteiger partial charge on any atom is 0.0223 e. The van der Waals surface area contributed by atoms with Crippen LogP contribution in [0, 0.1) is 11.3 Å². The first-order chi connectivity index (χ1) is 9.67. The van der Waals surface area contributed by atoms with E-state index in [2.05, 4.69) is 31.0 Å². The SMILES string of the molecule is CCCNC(CN1CCC(C)(CC)CC1)C1CCCC1. The van der Waals surface area contributed by atoms with Crippen LogP contribution in [0.5, 0.6) is 0 Å². The second-order valence-electron chi connectivity index (χ2n) is 7.57. The molecule has 0 aromatic carbocycles. The minimum atomic E-state index is 0.621. The summed E-state index contributed by atoms with van der Waals surface area (Å²) in [6, 6.07) is 0.753. The van der Waals surface area contributed by atoms with Crippen molar-refractivity contribution in [1.82, 2.24) is 10.2 Å². The molecule has 0 amide bonds. The van der Waals surface area contributed by atoms with E-state index >= 15 is 0 Å². The van der Waals surface area contributed by atoms with Crippen molar-refractivity contribution >= 4 is 0 Å². The first kappa shape index (κ1) is 16.3. The number of nitrogens with one attached hydrogen (secondary N) is 1. The summed E-state index contributed by atoms with van der Waals surface area (Å²) in [7, 11) is 0. The Morgan fingerprint density at radius 2 is 1.80 bits per heavy atom. The molecule has 0 aromatic heterocycles. The average Bonchev–Trinajstić information content (AvgIpc) is 3.00. The molecule has 20 heavy (non-hydrogen) atoms. The smallest absolute Gasteiger partial charge is 0.0223 e. The molecule has 1 aliphatic carbocycles. The molecule has 1 N–H and O–H groups in total. The largest absolute Gasteiger partial charge is 0.312 e. The molecule has 2 nitrogen and oxygen atoms in total. The van der Waals surface area contributed by atoms with E-state index in [4.69, 9.17) is 0 Å². The third kappa shape index (κ3) is 4.46. The Morgan fingerprint density at radius 3 is 2.35 bits per heavy atom. The number of rotatable bonds is 7. The summed E-state index contributed by atoms with van der Waals surface area (Å²) in [6.07, 6.45) is 11.2. The fourth-order valence-corrected chi connectivity index (χ4v) is 3.98. The van der Waals surface area contributed by atoms with Crippen LogP contribution in [0.25, 0.3) is 0 Å². The summed E-state index contributed by atoms with van der Waals surface area (Å²) in [6.45, 7) is 12.3. The quantitative estimate of drug-likeness (QED) is 0.756. The van der Waals surface area contributed by atoms with Gasteiger partial charge in [-0.05, 0) is 63.1 Å². The highest BCUT2D eigenvalue weighted by Crippen LogP contribution is 2.35. The molecule has 1 saturated heterocycles. The molecule has 1 unspecified atom stereocenters. The van der Waals surface area contributed by atoms with E-state index in [1.54, 1.807) is 0 Å². The fraction of sp³-hybridized carbons (Fsp3) is 1.00. The molecule has 2 aliphatic rings. The van der Waals surface area contributed by atoms with Gasteiger partial charge in [-0.15, -0.1) is 0 Å². The maximum atomic E-state index is 3.85. The number of hydrogen-bond acceptors (Lipinski definition) is 2. The lowest BCUT2D eigenvalue weighted by Gasteiger charge is -2.41. The van der Waals surface area contributed by atoms with Gasteiger partial charge in [0, 0.05) is 12.6 Å². The molecule has 118 valence electrons. The molecule has 1 heterocycles. The zero-order valence-corrected chi connectivity index (χ0v) is 14.1. The predicted molar refractivity (Wildman–Crippen MR) is 88.1 cm³/mol. The van der Waals surface area contributed by atoms with Crippen molar-refractivity contribution in [3.05, 3.63) is 0 Å². The lowest BCUT2D eigenvalue weighted by Crippen LogP contribution is -2.48. The second-order valence-corrected chi connectivity index (χ2v) is 7.57. The molecule has 1 aliphatic heterocycles. The van der Waals surface area contributed by atoms with Gasteiger partial charge in [-0.2, -0.15) is 0 Å². The highest BCUT2D eigenvalue weighted by molar-refractivity contribution is 4.87. The van der Waals surface area contributed by atoms with Crippen molar-refractivity contribution in [1.29, 1.82) is 0 Å². The Morgan fingerprint density at radius 1 is 1.15 bits per heavy atom. The molecular weight excluding hydrogens is 244 g/mol. The summed E-state index contributed by atoms with van der Waals surface area (Å²) in [4.78, 5) is 2.74. The second kappa shape index (κ2) is 7.79. The van der Waals surface area contributed by atoms with Gasteiger partial charge in [0.1, 0.15) is 0 Å². The molecule has 0 spiro atoms. The Kier molecular flexibility index (Phi) is 6.35. The van der Waals surface area contributed by atoms with Gasteiger partial charge in [0.2, 0.25) is 0 Å². The van der Waals surface area contributed by atoms with Crippen molar-refractivity contribution in [2.24, 2.45) is 11.3 Å². The summed E-state index contributed by atoms with van der Waals surface area (Å²) in [5.41, 5.74) is 0.621. The molecule has 2 heteroatoms. The van der Waals surface area contributed by atoms with Crippen molar-refractivity contribution in [2.75, 3.05) is 26.2 Å². The lowest BCUT2D eigenvalue weighted by atomic mass is 9.78. The van der Waals surface area contributed by atoms with Gasteiger partial charge in [-0.25, -0.2) is 0 Å². The molecular formula is C18H36N2. The van der Waals surface area contributed by atoms with E-state index in [-0.39, 0.29) is 0 Å². The van der Waals surface area contributed by atoms with Crippen LogP contribution in [-0.4, -0.2) is 37.1 Å². The summed E-state index contributed by atoms with van der Waals surface area (Å²) in [5, 5.41) is 3.85. The average molecular weight is 280 g/mol. The van der Waals surface area contributed by atoms with E-state index < -0.39 is 0 Å². The number of hydrogen-bond donors (Lipinski definition) is 1. The third-order valence-corrected chi connectivity index (χ3v) is 6.00. The van der Waals surface area contributed by atoms with E-state index in [1.807, 2.05) is 0 Å². The van der Waals surface area contributed by atoms with Gasteiger partial charge in [0.15, 0.2) is 0 Å². The van der Waals surface area contributed by atoms with Gasteiger partial charge in [-0.3, -0.25) is 0 Å². The molecule has 2 rings (SSSR count). The highest BCUT2D eigenvalue weighted by atomic mass is 15.2. The predicted octanol–water partition coefficient (Wildman–Crippen LogP) is 4.06. The van der Waals surface area contributed by atoms with Gasteiger partial charge in [0.25, 0.3) is 0 Å². The molecule has 0 radical (unpaired) electrons. The van der Waals surface area contributed by atoms with Crippen LogP contribution < -0.4 is 5.32 Å². The van der Waals surface area contributed by atoms with Crippen LogP contribution >= 0.6 is 0 Å². The van der Waals surface area contributed by atoms with Crippen LogP contribution in [0.4, 0.5) is 0 Å². The van der Waals surface area contributed by atoms with E-state index in [0.29, 0.717) is 5.41 Å². The monoisotopic (exact) mass is 280 g/mol. The van der Waals surface area contributed by atoms with Crippen LogP contribution in [0.2, 0.25) is 0 Å². The number of likely N-dealkylation sites (tertiary alicyclic amines) is 1. The van der Waals surface area contributed by atoms with E-state index in [9.17, 15) is 0 Å².